The number of nitrogens with zero attached hydrogens (tertiary/aromatic N) is 1. The summed E-state index contributed by atoms with van der Waals surface area (Å²) in [4.78, 5) is 3.60. The molecule has 2 rings (SSSR count). The summed E-state index contributed by atoms with van der Waals surface area (Å²) in [7, 11) is 0. The van der Waals surface area contributed by atoms with E-state index in [0.29, 0.717) is 17.6 Å². The predicted octanol–water partition coefficient (Wildman–Crippen LogP) is 3.58. The van der Waals surface area contributed by atoms with Gasteiger partial charge in [-0.15, -0.1) is 11.3 Å². The Labute approximate surface area is 102 Å². The minimum Gasteiger partial charge on any atom is -0.308 e. The second-order valence-electron chi connectivity index (χ2n) is 4.34. The first-order chi connectivity index (χ1) is 8.05. The van der Waals surface area contributed by atoms with Crippen molar-refractivity contribution in [2.75, 3.05) is 0 Å². The van der Waals surface area contributed by atoms with Gasteiger partial charge in [0.25, 0.3) is 0 Å². The minimum absolute atomic E-state index is 0.446. The summed E-state index contributed by atoms with van der Waals surface area (Å²) in [6, 6.07) is 0.446. The molecule has 2 nitrogen and oxygen atoms in total. The van der Waals surface area contributed by atoms with Crippen LogP contribution < -0.4 is 5.32 Å². The fraction of sp³-hybridized carbons (Fsp3) is 0.727. The van der Waals surface area contributed by atoms with E-state index in [2.05, 4.69) is 10.3 Å². The fourth-order valence-electron chi connectivity index (χ4n) is 2.06. The lowest BCUT2D eigenvalue weighted by molar-refractivity contribution is -0.140. The van der Waals surface area contributed by atoms with Gasteiger partial charge in [0.15, 0.2) is 5.69 Å². The number of rotatable bonds is 3. The van der Waals surface area contributed by atoms with Crippen LogP contribution in [0.15, 0.2) is 5.38 Å². The largest absolute Gasteiger partial charge is 0.434 e. The van der Waals surface area contributed by atoms with E-state index < -0.39 is 11.9 Å². The Balaban J connectivity index is 1.84. The van der Waals surface area contributed by atoms with Crippen molar-refractivity contribution in [1.82, 2.24) is 10.3 Å². The van der Waals surface area contributed by atoms with E-state index in [1.54, 1.807) is 0 Å². The Morgan fingerprint density at radius 2 is 2.00 bits per heavy atom. The van der Waals surface area contributed by atoms with Gasteiger partial charge in [0.05, 0.1) is 0 Å². The Morgan fingerprint density at radius 1 is 1.29 bits per heavy atom. The fourth-order valence-corrected chi connectivity index (χ4v) is 2.81. The summed E-state index contributed by atoms with van der Waals surface area (Å²) in [5.41, 5.74) is -0.775. The molecule has 0 aromatic carbocycles. The highest BCUT2D eigenvalue weighted by atomic mass is 32.1. The van der Waals surface area contributed by atoms with Gasteiger partial charge in [0.1, 0.15) is 5.01 Å². The van der Waals surface area contributed by atoms with Crippen LogP contribution in [0.1, 0.15) is 42.8 Å². The molecule has 1 aliphatic carbocycles. The van der Waals surface area contributed by atoms with Gasteiger partial charge in [-0.2, -0.15) is 13.2 Å². The van der Waals surface area contributed by atoms with Gasteiger partial charge in [-0.05, 0) is 12.8 Å². The summed E-state index contributed by atoms with van der Waals surface area (Å²) >= 11 is 1.07. The van der Waals surface area contributed by atoms with Crippen LogP contribution in [-0.4, -0.2) is 11.0 Å². The zero-order valence-electron chi connectivity index (χ0n) is 9.39. The molecule has 6 heteroatoms. The van der Waals surface area contributed by atoms with E-state index in [9.17, 15) is 13.2 Å². The molecule has 1 aromatic heterocycles. The normalized spacial score (nSPS) is 18.5. The molecule has 1 heterocycles. The molecule has 1 N–H and O–H groups in total. The van der Waals surface area contributed by atoms with Crippen LogP contribution in [0, 0.1) is 0 Å². The maximum atomic E-state index is 12.3. The molecule has 0 saturated heterocycles. The van der Waals surface area contributed by atoms with Crippen LogP contribution in [0.2, 0.25) is 0 Å². The first-order valence-corrected chi connectivity index (χ1v) is 6.68. The maximum Gasteiger partial charge on any atom is 0.434 e. The lowest BCUT2D eigenvalue weighted by Gasteiger charge is -2.22. The van der Waals surface area contributed by atoms with Crippen LogP contribution in [0.5, 0.6) is 0 Å². The quantitative estimate of drug-likeness (QED) is 0.902. The molecule has 0 unspecified atom stereocenters. The van der Waals surface area contributed by atoms with Crippen LogP contribution >= 0.6 is 11.3 Å². The Kier molecular flexibility index (Phi) is 4.04. The molecule has 0 aliphatic heterocycles. The van der Waals surface area contributed by atoms with E-state index in [0.717, 1.165) is 29.6 Å². The summed E-state index contributed by atoms with van der Waals surface area (Å²) in [5.74, 6) is 0. The highest BCUT2D eigenvalue weighted by Gasteiger charge is 2.33. The van der Waals surface area contributed by atoms with Crippen molar-refractivity contribution < 1.29 is 13.2 Å². The standard InChI is InChI=1S/C11H15F3N2S/c12-11(13,14)9-7-17-10(16-9)6-15-8-4-2-1-3-5-8/h7-8,15H,1-6H2. The van der Waals surface area contributed by atoms with Crippen molar-refractivity contribution in [3.05, 3.63) is 16.1 Å². The summed E-state index contributed by atoms with van der Waals surface area (Å²) < 4.78 is 37.0. The number of thiazole rings is 1. The lowest BCUT2D eigenvalue weighted by Crippen LogP contribution is -2.30. The Morgan fingerprint density at radius 3 is 2.59 bits per heavy atom. The molecule has 0 spiro atoms. The maximum absolute atomic E-state index is 12.3. The van der Waals surface area contributed by atoms with Gasteiger partial charge in [-0.25, -0.2) is 4.98 Å². The summed E-state index contributed by atoms with van der Waals surface area (Å²) in [6.45, 7) is 0.450. The molecular formula is C11H15F3N2S. The molecule has 17 heavy (non-hydrogen) atoms. The molecule has 0 atom stereocenters. The van der Waals surface area contributed by atoms with Crippen molar-refractivity contribution in [2.45, 2.75) is 50.9 Å². The highest BCUT2D eigenvalue weighted by molar-refractivity contribution is 7.09. The number of hydrogen-bond donors (Lipinski definition) is 1. The van der Waals surface area contributed by atoms with Crippen molar-refractivity contribution in [3.8, 4) is 0 Å². The van der Waals surface area contributed by atoms with Gasteiger partial charge < -0.3 is 5.32 Å². The second kappa shape index (κ2) is 5.35. The SMILES string of the molecule is FC(F)(F)c1csc(CNC2CCCCC2)n1. The molecule has 0 amide bonds. The monoisotopic (exact) mass is 264 g/mol. The van der Waals surface area contributed by atoms with Crippen molar-refractivity contribution in [3.63, 3.8) is 0 Å². The number of hydrogen-bond acceptors (Lipinski definition) is 3. The molecule has 1 saturated carbocycles. The van der Waals surface area contributed by atoms with Crippen molar-refractivity contribution in [1.29, 1.82) is 0 Å². The molecule has 96 valence electrons. The van der Waals surface area contributed by atoms with E-state index in [4.69, 9.17) is 0 Å². The Hall–Kier alpha value is -0.620. The van der Waals surface area contributed by atoms with Crippen molar-refractivity contribution >= 4 is 11.3 Å². The number of alkyl halides is 3. The van der Waals surface area contributed by atoms with Gasteiger partial charge in [0.2, 0.25) is 0 Å². The predicted molar refractivity (Wildman–Crippen MR) is 60.8 cm³/mol. The Bertz CT molecular complexity index is 356. The third kappa shape index (κ3) is 3.67. The number of halogens is 3. The van der Waals surface area contributed by atoms with Gasteiger partial charge in [0, 0.05) is 18.0 Å². The smallest absolute Gasteiger partial charge is 0.308 e. The summed E-state index contributed by atoms with van der Waals surface area (Å²) in [6.07, 6.45) is 1.62. The van der Waals surface area contributed by atoms with Crippen LogP contribution in [0.25, 0.3) is 0 Å². The minimum atomic E-state index is -4.32. The third-order valence-electron chi connectivity index (χ3n) is 2.99. The molecule has 1 aliphatic rings. The number of nitrogens with one attached hydrogen (secondary N) is 1. The highest BCUT2D eigenvalue weighted by Crippen LogP contribution is 2.30. The first kappa shape index (κ1) is 12.8. The molecule has 1 fully saturated rings. The third-order valence-corrected chi connectivity index (χ3v) is 3.84. The van der Waals surface area contributed by atoms with Crippen molar-refractivity contribution in [2.24, 2.45) is 0 Å². The van der Waals surface area contributed by atoms with Crippen LogP contribution in [0.4, 0.5) is 13.2 Å². The van der Waals surface area contributed by atoms with E-state index in [1.807, 2.05) is 0 Å². The molecule has 0 bridgehead atoms. The zero-order chi connectivity index (χ0) is 12.3. The number of aromatic nitrogens is 1. The average molecular weight is 264 g/mol. The second-order valence-corrected chi connectivity index (χ2v) is 5.28. The molecular weight excluding hydrogens is 249 g/mol. The first-order valence-electron chi connectivity index (χ1n) is 5.80. The van der Waals surface area contributed by atoms with Crippen LogP contribution in [-0.2, 0) is 12.7 Å². The van der Waals surface area contributed by atoms with Gasteiger partial charge in [-0.1, -0.05) is 19.3 Å². The average Bonchev–Trinajstić information content (AvgIpc) is 2.76. The summed E-state index contributed by atoms with van der Waals surface area (Å²) in [5, 5.41) is 4.88. The van der Waals surface area contributed by atoms with E-state index in [-0.39, 0.29) is 0 Å². The van der Waals surface area contributed by atoms with Crippen LogP contribution in [0.3, 0.4) is 0 Å². The van der Waals surface area contributed by atoms with Gasteiger partial charge in [-0.3, -0.25) is 0 Å². The van der Waals surface area contributed by atoms with Gasteiger partial charge >= 0.3 is 6.18 Å². The molecule has 1 aromatic rings. The topological polar surface area (TPSA) is 24.9 Å². The van der Waals surface area contributed by atoms with E-state index in [1.165, 1.54) is 19.3 Å². The lowest BCUT2D eigenvalue weighted by atomic mass is 9.96. The molecule has 0 radical (unpaired) electrons. The van der Waals surface area contributed by atoms with E-state index >= 15 is 0 Å². The zero-order valence-corrected chi connectivity index (χ0v) is 10.2.